The van der Waals surface area contributed by atoms with E-state index in [1.165, 1.54) is 0 Å². The van der Waals surface area contributed by atoms with E-state index in [1.54, 1.807) is 7.11 Å². The SMILES string of the molecule is CONC1C=NC1. The van der Waals surface area contributed by atoms with Crippen molar-refractivity contribution >= 4 is 6.21 Å². The van der Waals surface area contributed by atoms with E-state index >= 15 is 0 Å². The minimum absolute atomic E-state index is 0.366. The summed E-state index contributed by atoms with van der Waals surface area (Å²) in [6.07, 6.45) is 1.82. The molecule has 40 valence electrons. The number of hydrogen-bond donors (Lipinski definition) is 1. The smallest absolute Gasteiger partial charge is 0.0864 e. The molecule has 0 saturated heterocycles. The van der Waals surface area contributed by atoms with E-state index in [0.29, 0.717) is 6.04 Å². The van der Waals surface area contributed by atoms with Gasteiger partial charge >= 0.3 is 0 Å². The van der Waals surface area contributed by atoms with Gasteiger partial charge in [0.05, 0.1) is 19.7 Å². The number of rotatable bonds is 2. The van der Waals surface area contributed by atoms with Crippen molar-refractivity contribution in [3.05, 3.63) is 0 Å². The van der Waals surface area contributed by atoms with Crippen LogP contribution in [0, 0.1) is 0 Å². The number of nitrogens with one attached hydrogen (secondary N) is 1. The van der Waals surface area contributed by atoms with Gasteiger partial charge in [-0.05, 0) is 0 Å². The average Bonchev–Trinajstić information content (AvgIpc) is 1.55. The summed E-state index contributed by atoms with van der Waals surface area (Å²) in [6, 6.07) is 0.366. The van der Waals surface area contributed by atoms with Crippen molar-refractivity contribution < 1.29 is 4.84 Å². The van der Waals surface area contributed by atoms with Crippen LogP contribution in [0.25, 0.3) is 0 Å². The van der Waals surface area contributed by atoms with Gasteiger partial charge in [-0.1, -0.05) is 0 Å². The number of nitrogens with zero attached hydrogens (tertiary/aromatic N) is 1. The zero-order valence-electron chi connectivity index (χ0n) is 4.22. The molecule has 0 radical (unpaired) electrons. The first-order chi connectivity index (χ1) is 3.43. The molecule has 0 fully saturated rings. The van der Waals surface area contributed by atoms with Crippen LogP contribution >= 0.6 is 0 Å². The molecule has 0 aromatic carbocycles. The molecule has 1 N–H and O–H groups in total. The van der Waals surface area contributed by atoms with Crippen molar-refractivity contribution in [2.24, 2.45) is 4.99 Å². The molecule has 0 aromatic heterocycles. The van der Waals surface area contributed by atoms with Gasteiger partial charge in [-0.15, -0.1) is 0 Å². The zero-order valence-corrected chi connectivity index (χ0v) is 4.22. The standard InChI is InChI=1S/C4H8N2O/c1-7-6-4-2-5-3-4/h2,4,6H,3H2,1H3. The molecule has 0 bridgehead atoms. The third-order valence-electron chi connectivity index (χ3n) is 0.857. The second-order valence-corrected chi connectivity index (χ2v) is 1.44. The summed E-state index contributed by atoms with van der Waals surface area (Å²) >= 11 is 0. The van der Waals surface area contributed by atoms with E-state index in [4.69, 9.17) is 0 Å². The lowest BCUT2D eigenvalue weighted by atomic mass is 10.3. The fraction of sp³-hybridized carbons (Fsp3) is 0.750. The lowest BCUT2D eigenvalue weighted by Gasteiger charge is -2.15. The van der Waals surface area contributed by atoms with Gasteiger partial charge in [-0.2, -0.15) is 5.48 Å². The van der Waals surface area contributed by atoms with Crippen LogP contribution in [-0.4, -0.2) is 25.9 Å². The highest BCUT2D eigenvalue weighted by molar-refractivity contribution is 5.69. The van der Waals surface area contributed by atoms with Crippen LogP contribution in [0.5, 0.6) is 0 Å². The van der Waals surface area contributed by atoms with Crippen molar-refractivity contribution in [1.29, 1.82) is 0 Å². The maximum absolute atomic E-state index is 4.60. The third kappa shape index (κ3) is 0.976. The van der Waals surface area contributed by atoms with E-state index in [2.05, 4.69) is 15.3 Å². The molecule has 3 nitrogen and oxygen atoms in total. The summed E-state index contributed by atoms with van der Waals surface area (Å²) < 4.78 is 0. The van der Waals surface area contributed by atoms with Crippen LogP contribution < -0.4 is 5.48 Å². The molecule has 0 aliphatic carbocycles. The van der Waals surface area contributed by atoms with Crippen LogP contribution in [0.4, 0.5) is 0 Å². The maximum atomic E-state index is 4.60. The largest absolute Gasteiger partial charge is 0.304 e. The maximum Gasteiger partial charge on any atom is 0.0864 e. The normalized spacial score (nSPS) is 27.3. The summed E-state index contributed by atoms with van der Waals surface area (Å²) in [6.45, 7) is 0.855. The summed E-state index contributed by atoms with van der Waals surface area (Å²) in [7, 11) is 1.60. The monoisotopic (exact) mass is 100 g/mol. The van der Waals surface area contributed by atoms with Gasteiger partial charge in [0, 0.05) is 6.21 Å². The van der Waals surface area contributed by atoms with Crippen molar-refractivity contribution in [1.82, 2.24) is 5.48 Å². The van der Waals surface area contributed by atoms with Crippen LogP contribution in [0.1, 0.15) is 0 Å². The van der Waals surface area contributed by atoms with Crippen LogP contribution in [0.15, 0.2) is 4.99 Å². The van der Waals surface area contributed by atoms with Gasteiger partial charge < -0.3 is 4.84 Å². The highest BCUT2D eigenvalue weighted by atomic mass is 16.6. The highest BCUT2D eigenvalue weighted by Gasteiger charge is 2.08. The van der Waals surface area contributed by atoms with Crippen molar-refractivity contribution in [3.63, 3.8) is 0 Å². The number of hydroxylamine groups is 1. The average molecular weight is 100 g/mol. The van der Waals surface area contributed by atoms with Gasteiger partial charge in [-0.3, -0.25) is 4.99 Å². The Labute approximate surface area is 42.3 Å². The van der Waals surface area contributed by atoms with Crippen LogP contribution in [0.2, 0.25) is 0 Å². The summed E-state index contributed by atoms with van der Waals surface area (Å²) in [5.41, 5.74) is 2.73. The first-order valence-corrected chi connectivity index (χ1v) is 2.22. The molecule has 1 aliphatic rings. The first-order valence-electron chi connectivity index (χ1n) is 2.22. The molecule has 7 heavy (non-hydrogen) atoms. The highest BCUT2D eigenvalue weighted by Crippen LogP contribution is 1.90. The molecule has 1 aliphatic heterocycles. The van der Waals surface area contributed by atoms with E-state index < -0.39 is 0 Å². The Morgan fingerprint density at radius 1 is 2.00 bits per heavy atom. The lowest BCUT2D eigenvalue weighted by molar-refractivity contribution is 0.0782. The Balaban J connectivity index is 2.06. The second-order valence-electron chi connectivity index (χ2n) is 1.44. The Hall–Kier alpha value is -0.410. The molecule has 1 heterocycles. The fourth-order valence-corrected chi connectivity index (χ4v) is 0.430. The summed E-state index contributed by atoms with van der Waals surface area (Å²) in [4.78, 5) is 8.45. The summed E-state index contributed by atoms with van der Waals surface area (Å²) in [5, 5.41) is 0. The zero-order chi connectivity index (χ0) is 5.11. The van der Waals surface area contributed by atoms with Crippen molar-refractivity contribution in [2.45, 2.75) is 6.04 Å². The van der Waals surface area contributed by atoms with E-state index in [1.807, 2.05) is 6.21 Å². The van der Waals surface area contributed by atoms with Gasteiger partial charge in [0.25, 0.3) is 0 Å². The minimum Gasteiger partial charge on any atom is -0.304 e. The molecule has 1 atom stereocenters. The Bertz CT molecular complexity index is 81.8. The molecule has 3 heteroatoms. The first kappa shape index (κ1) is 4.74. The van der Waals surface area contributed by atoms with Gasteiger partial charge in [0.15, 0.2) is 0 Å². The Morgan fingerprint density at radius 2 is 2.71 bits per heavy atom. The molecular weight excluding hydrogens is 92.1 g/mol. The lowest BCUT2D eigenvalue weighted by Crippen LogP contribution is -2.37. The molecule has 1 rings (SSSR count). The van der Waals surface area contributed by atoms with E-state index in [-0.39, 0.29) is 0 Å². The molecule has 1 unspecified atom stereocenters. The van der Waals surface area contributed by atoms with Gasteiger partial charge in [0.2, 0.25) is 0 Å². The van der Waals surface area contributed by atoms with Crippen LogP contribution in [-0.2, 0) is 4.84 Å². The third-order valence-corrected chi connectivity index (χ3v) is 0.857. The van der Waals surface area contributed by atoms with Crippen LogP contribution in [0.3, 0.4) is 0 Å². The minimum atomic E-state index is 0.366. The number of aliphatic imine (C=N–C) groups is 1. The molecule has 0 spiro atoms. The molecular formula is C4H8N2O. The summed E-state index contributed by atoms with van der Waals surface area (Å²) in [5.74, 6) is 0. The molecule has 0 amide bonds. The molecule has 0 saturated carbocycles. The fourth-order valence-electron chi connectivity index (χ4n) is 0.430. The predicted molar refractivity (Wildman–Crippen MR) is 27.3 cm³/mol. The number of hydrogen-bond acceptors (Lipinski definition) is 3. The van der Waals surface area contributed by atoms with Gasteiger partial charge in [-0.25, -0.2) is 0 Å². The molecule has 0 aromatic rings. The topological polar surface area (TPSA) is 33.6 Å². The van der Waals surface area contributed by atoms with Crippen molar-refractivity contribution in [2.75, 3.05) is 13.7 Å². The van der Waals surface area contributed by atoms with E-state index in [0.717, 1.165) is 6.54 Å². The second kappa shape index (κ2) is 2.04. The van der Waals surface area contributed by atoms with E-state index in [9.17, 15) is 0 Å². The van der Waals surface area contributed by atoms with Crippen molar-refractivity contribution in [3.8, 4) is 0 Å². The Morgan fingerprint density at radius 3 is 2.86 bits per heavy atom. The Kier molecular flexibility index (Phi) is 1.38. The quantitative estimate of drug-likeness (QED) is 0.478. The van der Waals surface area contributed by atoms with Gasteiger partial charge in [0.1, 0.15) is 0 Å². The predicted octanol–water partition coefficient (Wildman–Crippen LogP) is -0.410.